The standard InChI is InChI=1S/C11H10ClF2N3O/c12-8-3-1-2-7-9(16-17-15)4-11(5-13,6-14)18-10(7)8/h1-3,9H,4-6H2. The molecule has 0 radical (unpaired) electrons. The number of fused-ring (bicyclic) bond motifs is 1. The molecule has 96 valence electrons. The molecule has 1 heterocycles. The van der Waals surface area contributed by atoms with Crippen molar-refractivity contribution in [2.75, 3.05) is 13.3 Å². The molecule has 0 bridgehead atoms. The maximum Gasteiger partial charge on any atom is 0.166 e. The Kier molecular flexibility index (Phi) is 3.59. The van der Waals surface area contributed by atoms with Gasteiger partial charge in [-0.3, -0.25) is 0 Å². The van der Waals surface area contributed by atoms with Crippen molar-refractivity contribution in [3.63, 3.8) is 0 Å². The van der Waals surface area contributed by atoms with Gasteiger partial charge in [0.1, 0.15) is 19.1 Å². The monoisotopic (exact) mass is 273 g/mol. The van der Waals surface area contributed by atoms with Crippen molar-refractivity contribution in [3.8, 4) is 5.75 Å². The molecule has 0 saturated carbocycles. The molecule has 0 aromatic heterocycles. The number of hydrogen-bond donors (Lipinski definition) is 0. The van der Waals surface area contributed by atoms with Crippen LogP contribution in [0.15, 0.2) is 23.3 Å². The molecule has 0 amide bonds. The number of ether oxygens (including phenoxy) is 1. The minimum Gasteiger partial charge on any atom is -0.480 e. The van der Waals surface area contributed by atoms with Gasteiger partial charge >= 0.3 is 0 Å². The second kappa shape index (κ2) is 5.00. The van der Waals surface area contributed by atoms with Crippen LogP contribution in [0.25, 0.3) is 10.4 Å². The van der Waals surface area contributed by atoms with Crippen molar-refractivity contribution >= 4 is 11.6 Å². The molecule has 0 spiro atoms. The first kappa shape index (κ1) is 12.9. The second-order valence-corrected chi connectivity index (χ2v) is 4.54. The lowest BCUT2D eigenvalue weighted by Crippen LogP contribution is -2.45. The van der Waals surface area contributed by atoms with Crippen LogP contribution >= 0.6 is 11.6 Å². The number of alkyl halides is 2. The van der Waals surface area contributed by atoms with Crippen molar-refractivity contribution in [2.45, 2.75) is 18.1 Å². The quantitative estimate of drug-likeness (QED) is 0.463. The third kappa shape index (κ3) is 2.09. The number of halogens is 3. The molecule has 1 aliphatic rings. The Morgan fingerprint density at radius 2 is 2.22 bits per heavy atom. The van der Waals surface area contributed by atoms with Gasteiger partial charge in [0.05, 0.1) is 11.1 Å². The largest absolute Gasteiger partial charge is 0.480 e. The van der Waals surface area contributed by atoms with Crippen LogP contribution in [0.4, 0.5) is 8.78 Å². The number of para-hydroxylation sites is 1. The average molecular weight is 274 g/mol. The molecule has 1 aromatic rings. The molecular weight excluding hydrogens is 264 g/mol. The summed E-state index contributed by atoms with van der Waals surface area (Å²) in [5.74, 6) is 0.193. The summed E-state index contributed by atoms with van der Waals surface area (Å²) in [5, 5.41) is 3.81. The second-order valence-electron chi connectivity index (χ2n) is 4.14. The van der Waals surface area contributed by atoms with Gasteiger partial charge in [0.2, 0.25) is 0 Å². The van der Waals surface area contributed by atoms with E-state index in [1.165, 1.54) is 0 Å². The molecule has 0 saturated heterocycles. The van der Waals surface area contributed by atoms with E-state index in [9.17, 15) is 8.78 Å². The topological polar surface area (TPSA) is 58.0 Å². The van der Waals surface area contributed by atoms with E-state index in [-0.39, 0.29) is 17.2 Å². The number of azide groups is 1. The normalized spacial score (nSPS) is 20.5. The van der Waals surface area contributed by atoms with Gasteiger partial charge in [0.15, 0.2) is 5.60 Å². The lowest BCUT2D eigenvalue weighted by atomic mass is 9.89. The highest BCUT2D eigenvalue weighted by Gasteiger charge is 2.42. The van der Waals surface area contributed by atoms with Gasteiger partial charge in [-0.1, -0.05) is 28.8 Å². The highest BCUT2D eigenvalue weighted by molar-refractivity contribution is 6.32. The van der Waals surface area contributed by atoms with Crippen LogP contribution in [-0.4, -0.2) is 19.0 Å². The predicted octanol–water partition coefficient (Wildman–Crippen LogP) is 4.15. The molecule has 2 rings (SSSR count). The Balaban J connectivity index is 2.53. The molecule has 0 fully saturated rings. The number of rotatable bonds is 3. The van der Waals surface area contributed by atoms with Crippen molar-refractivity contribution < 1.29 is 13.5 Å². The minimum absolute atomic E-state index is 0.0442. The van der Waals surface area contributed by atoms with E-state index in [1.54, 1.807) is 18.2 Å². The van der Waals surface area contributed by atoms with Crippen LogP contribution in [0.5, 0.6) is 5.75 Å². The van der Waals surface area contributed by atoms with Crippen LogP contribution in [0.1, 0.15) is 18.0 Å². The zero-order chi connectivity index (χ0) is 13.2. The van der Waals surface area contributed by atoms with Crippen LogP contribution in [0, 0.1) is 0 Å². The zero-order valence-electron chi connectivity index (χ0n) is 9.31. The van der Waals surface area contributed by atoms with Gasteiger partial charge in [-0.05, 0) is 11.6 Å². The van der Waals surface area contributed by atoms with E-state index in [2.05, 4.69) is 10.0 Å². The van der Waals surface area contributed by atoms with Crippen molar-refractivity contribution in [1.82, 2.24) is 0 Å². The molecule has 1 aromatic carbocycles. The minimum atomic E-state index is -1.61. The summed E-state index contributed by atoms with van der Waals surface area (Å²) in [6.45, 7) is -2.02. The summed E-state index contributed by atoms with van der Waals surface area (Å²) >= 11 is 5.94. The first-order valence-corrected chi connectivity index (χ1v) is 5.67. The third-order valence-electron chi connectivity index (χ3n) is 2.92. The molecule has 4 nitrogen and oxygen atoms in total. The molecular formula is C11H10ClF2N3O. The lowest BCUT2D eigenvalue weighted by Gasteiger charge is -2.37. The Labute approximate surface area is 107 Å². The van der Waals surface area contributed by atoms with Crippen LogP contribution < -0.4 is 4.74 Å². The molecule has 7 heteroatoms. The number of nitrogens with zero attached hydrogens (tertiary/aromatic N) is 3. The fraction of sp³-hybridized carbons (Fsp3) is 0.455. The predicted molar refractivity (Wildman–Crippen MR) is 63.3 cm³/mol. The molecule has 1 unspecified atom stereocenters. The van der Waals surface area contributed by atoms with Crippen molar-refractivity contribution in [3.05, 3.63) is 39.2 Å². The molecule has 1 aliphatic heterocycles. The van der Waals surface area contributed by atoms with Crippen molar-refractivity contribution in [1.29, 1.82) is 0 Å². The van der Waals surface area contributed by atoms with Gasteiger partial charge in [0.25, 0.3) is 0 Å². The fourth-order valence-electron chi connectivity index (χ4n) is 1.98. The van der Waals surface area contributed by atoms with E-state index in [1.807, 2.05) is 0 Å². The highest BCUT2D eigenvalue weighted by atomic mass is 35.5. The molecule has 0 N–H and O–H groups in total. The average Bonchev–Trinajstić information content (AvgIpc) is 2.40. The fourth-order valence-corrected chi connectivity index (χ4v) is 2.20. The van der Waals surface area contributed by atoms with Crippen LogP contribution in [-0.2, 0) is 0 Å². The Bertz CT molecular complexity index is 501. The number of benzene rings is 1. The van der Waals surface area contributed by atoms with Gasteiger partial charge in [0, 0.05) is 16.9 Å². The lowest BCUT2D eigenvalue weighted by molar-refractivity contribution is -0.00764. The van der Waals surface area contributed by atoms with E-state index in [4.69, 9.17) is 21.9 Å². The summed E-state index contributed by atoms with van der Waals surface area (Å²) in [6.07, 6.45) is -0.0442. The Morgan fingerprint density at radius 1 is 1.50 bits per heavy atom. The zero-order valence-corrected chi connectivity index (χ0v) is 10.1. The van der Waals surface area contributed by atoms with Gasteiger partial charge in [-0.25, -0.2) is 8.78 Å². The summed E-state index contributed by atoms with van der Waals surface area (Å²) in [5.41, 5.74) is 7.47. The molecule has 1 atom stereocenters. The van der Waals surface area contributed by atoms with Crippen molar-refractivity contribution in [2.24, 2.45) is 5.11 Å². The molecule has 0 aliphatic carbocycles. The SMILES string of the molecule is [N-]=[N+]=NC1CC(CF)(CF)Oc2c(Cl)cccc21. The van der Waals surface area contributed by atoms with Gasteiger partial charge < -0.3 is 4.74 Å². The van der Waals surface area contributed by atoms with Crippen LogP contribution in [0.2, 0.25) is 5.02 Å². The van der Waals surface area contributed by atoms with E-state index >= 15 is 0 Å². The Hall–Kier alpha value is -1.52. The summed E-state index contributed by atoms with van der Waals surface area (Å²) in [7, 11) is 0. The van der Waals surface area contributed by atoms with Crippen LogP contribution in [0.3, 0.4) is 0 Å². The van der Waals surface area contributed by atoms with Gasteiger partial charge in [-0.2, -0.15) is 0 Å². The summed E-state index contributed by atoms with van der Waals surface area (Å²) < 4.78 is 31.4. The highest BCUT2D eigenvalue weighted by Crippen LogP contribution is 2.45. The van der Waals surface area contributed by atoms with E-state index in [0.717, 1.165) is 0 Å². The smallest absolute Gasteiger partial charge is 0.166 e. The molecule has 18 heavy (non-hydrogen) atoms. The maximum atomic E-state index is 13.0. The summed E-state index contributed by atoms with van der Waals surface area (Å²) in [4.78, 5) is 2.70. The first-order chi connectivity index (χ1) is 8.65. The van der Waals surface area contributed by atoms with E-state index in [0.29, 0.717) is 5.56 Å². The summed E-state index contributed by atoms with van der Waals surface area (Å²) in [6, 6.07) is 4.22. The first-order valence-electron chi connectivity index (χ1n) is 5.29. The van der Waals surface area contributed by atoms with E-state index < -0.39 is 25.0 Å². The third-order valence-corrected chi connectivity index (χ3v) is 3.22. The Morgan fingerprint density at radius 3 is 2.83 bits per heavy atom. The number of hydrogen-bond acceptors (Lipinski definition) is 2. The van der Waals surface area contributed by atoms with Gasteiger partial charge in [-0.15, -0.1) is 0 Å². The maximum absolute atomic E-state index is 13.0.